The van der Waals surface area contributed by atoms with Gasteiger partial charge < -0.3 is 19.8 Å². The molecule has 24 heavy (non-hydrogen) atoms. The Morgan fingerprint density at radius 3 is 2.50 bits per heavy atom. The molecule has 0 spiro atoms. The topological polar surface area (TPSA) is 70.0 Å². The van der Waals surface area contributed by atoms with Crippen LogP contribution in [0.1, 0.15) is 22.0 Å². The molecule has 1 fully saturated rings. The number of aromatic hydroxyl groups is 2. The van der Waals surface area contributed by atoms with Crippen molar-refractivity contribution in [2.24, 2.45) is 0 Å². The molecule has 7 heteroatoms. The third-order valence-electron chi connectivity index (χ3n) is 3.90. The molecule has 1 amide bonds. The summed E-state index contributed by atoms with van der Waals surface area (Å²) < 4.78 is 5.72. The first-order valence-corrected chi connectivity index (χ1v) is 8.09. The lowest BCUT2D eigenvalue weighted by Crippen LogP contribution is -2.42. The molecule has 0 radical (unpaired) electrons. The van der Waals surface area contributed by atoms with Gasteiger partial charge in [-0.2, -0.15) is 0 Å². The summed E-state index contributed by atoms with van der Waals surface area (Å²) >= 11 is 12.0. The Bertz CT molecular complexity index is 761. The predicted octanol–water partition coefficient (Wildman–Crippen LogP) is 3.62. The minimum atomic E-state index is -0.445. The molecule has 0 saturated carbocycles. The van der Waals surface area contributed by atoms with E-state index in [1.807, 2.05) is 0 Å². The highest BCUT2D eigenvalue weighted by Crippen LogP contribution is 2.32. The van der Waals surface area contributed by atoms with E-state index >= 15 is 0 Å². The fraction of sp³-hybridized carbons (Fsp3) is 0.235. The third kappa shape index (κ3) is 3.29. The summed E-state index contributed by atoms with van der Waals surface area (Å²) in [5.41, 5.74) is 0.704. The Balaban J connectivity index is 1.83. The molecule has 2 N–H and O–H groups in total. The number of nitrogens with zero attached hydrogens (tertiary/aromatic N) is 1. The van der Waals surface area contributed by atoms with Gasteiger partial charge in [0.25, 0.3) is 5.91 Å². The lowest BCUT2D eigenvalue weighted by molar-refractivity contribution is -0.0229. The standard InChI is InChI=1S/C17H15Cl2NO4/c18-11-5-4-10(8-12(11)19)15-9-20(6-7-24-15)17(23)16-13(21)2-1-3-14(16)22/h1-5,8,15,21-22H,6-7,9H2/t15-/m0/s1. The molecule has 1 atom stereocenters. The fourth-order valence-corrected chi connectivity index (χ4v) is 2.96. The molecule has 1 aliphatic rings. The minimum Gasteiger partial charge on any atom is -0.507 e. The van der Waals surface area contributed by atoms with Crippen LogP contribution >= 0.6 is 23.2 Å². The van der Waals surface area contributed by atoms with Crippen LogP contribution in [0.15, 0.2) is 36.4 Å². The van der Waals surface area contributed by atoms with Gasteiger partial charge in [-0.15, -0.1) is 0 Å². The summed E-state index contributed by atoms with van der Waals surface area (Å²) in [7, 11) is 0. The van der Waals surface area contributed by atoms with Gasteiger partial charge in [0.15, 0.2) is 0 Å². The van der Waals surface area contributed by atoms with Crippen molar-refractivity contribution in [1.29, 1.82) is 0 Å². The van der Waals surface area contributed by atoms with Crippen molar-refractivity contribution in [3.63, 3.8) is 0 Å². The second kappa shape index (κ2) is 6.89. The molecule has 1 saturated heterocycles. The summed E-state index contributed by atoms with van der Waals surface area (Å²) in [5.74, 6) is -0.950. The van der Waals surface area contributed by atoms with E-state index in [0.717, 1.165) is 5.56 Å². The number of benzene rings is 2. The quantitative estimate of drug-likeness (QED) is 0.850. The number of rotatable bonds is 2. The number of ether oxygens (including phenoxy) is 1. The Morgan fingerprint density at radius 1 is 1.12 bits per heavy atom. The first-order chi connectivity index (χ1) is 11.5. The van der Waals surface area contributed by atoms with Crippen molar-refractivity contribution in [1.82, 2.24) is 4.90 Å². The number of hydrogen-bond donors (Lipinski definition) is 2. The molecule has 3 rings (SSSR count). The summed E-state index contributed by atoms with van der Waals surface area (Å²) in [6.07, 6.45) is -0.356. The number of morpholine rings is 1. The average molecular weight is 368 g/mol. The highest BCUT2D eigenvalue weighted by molar-refractivity contribution is 6.42. The molecule has 0 unspecified atom stereocenters. The molecular formula is C17H15Cl2NO4. The van der Waals surface area contributed by atoms with Gasteiger partial charge >= 0.3 is 0 Å². The van der Waals surface area contributed by atoms with Gasteiger partial charge in [0.1, 0.15) is 23.2 Å². The third-order valence-corrected chi connectivity index (χ3v) is 4.64. The average Bonchev–Trinajstić information content (AvgIpc) is 2.57. The summed E-state index contributed by atoms with van der Waals surface area (Å²) in [6.45, 7) is 0.986. The Kier molecular flexibility index (Phi) is 4.85. The van der Waals surface area contributed by atoms with E-state index in [0.29, 0.717) is 23.2 Å². The molecule has 0 bridgehead atoms. The molecular weight excluding hydrogens is 353 g/mol. The zero-order chi connectivity index (χ0) is 17.3. The first-order valence-electron chi connectivity index (χ1n) is 7.34. The van der Waals surface area contributed by atoms with Crippen molar-refractivity contribution >= 4 is 29.1 Å². The highest BCUT2D eigenvalue weighted by Gasteiger charge is 2.29. The SMILES string of the molecule is O=C(c1c(O)cccc1O)N1CCO[C@H](c2ccc(Cl)c(Cl)c2)C1. The number of halogens is 2. The molecule has 2 aromatic rings. The van der Waals surface area contributed by atoms with Gasteiger partial charge in [0.2, 0.25) is 0 Å². The molecule has 2 aromatic carbocycles. The minimum absolute atomic E-state index is 0.104. The van der Waals surface area contributed by atoms with E-state index in [2.05, 4.69) is 0 Å². The van der Waals surface area contributed by atoms with Crippen molar-refractivity contribution in [2.75, 3.05) is 19.7 Å². The molecule has 1 heterocycles. The molecule has 0 aromatic heterocycles. The zero-order valence-corrected chi connectivity index (χ0v) is 14.1. The van der Waals surface area contributed by atoms with E-state index in [-0.39, 0.29) is 29.7 Å². The van der Waals surface area contributed by atoms with Crippen molar-refractivity contribution in [3.05, 3.63) is 57.6 Å². The van der Waals surface area contributed by atoms with Gasteiger partial charge in [-0.3, -0.25) is 4.79 Å². The number of amides is 1. The number of carbonyl (C=O) groups excluding carboxylic acids is 1. The molecule has 1 aliphatic heterocycles. The van der Waals surface area contributed by atoms with Crippen LogP contribution in [0.2, 0.25) is 10.0 Å². The molecule has 0 aliphatic carbocycles. The lowest BCUT2D eigenvalue weighted by atomic mass is 10.1. The normalized spacial score (nSPS) is 17.8. The highest BCUT2D eigenvalue weighted by atomic mass is 35.5. The summed E-state index contributed by atoms with van der Waals surface area (Å²) in [4.78, 5) is 14.2. The van der Waals surface area contributed by atoms with E-state index in [4.69, 9.17) is 27.9 Å². The van der Waals surface area contributed by atoms with Crippen molar-refractivity contribution in [3.8, 4) is 11.5 Å². The molecule has 126 valence electrons. The van der Waals surface area contributed by atoms with Crippen LogP contribution in [0.4, 0.5) is 0 Å². The maximum absolute atomic E-state index is 12.6. The zero-order valence-electron chi connectivity index (χ0n) is 12.6. The fourth-order valence-electron chi connectivity index (χ4n) is 2.65. The Hall–Kier alpha value is -1.95. The maximum Gasteiger partial charge on any atom is 0.261 e. The Morgan fingerprint density at radius 2 is 1.83 bits per heavy atom. The number of phenols is 2. The first kappa shape index (κ1) is 16.9. The van der Waals surface area contributed by atoms with Crippen LogP contribution in [0.3, 0.4) is 0 Å². The van der Waals surface area contributed by atoms with Crippen LogP contribution in [0.5, 0.6) is 11.5 Å². The number of carbonyl (C=O) groups is 1. The van der Waals surface area contributed by atoms with Crippen molar-refractivity contribution < 1.29 is 19.7 Å². The van der Waals surface area contributed by atoms with E-state index < -0.39 is 5.91 Å². The van der Waals surface area contributed by atoms with Gasteiger partial charge in [-0.25, -0.2) is 0 Å². The second-order valence-electron chi connectivity index (χ2n) is 5.46. The van der Waals surface area contributed by atoms with E-state index in [1.165, 1.54) is 23.1 Å². The number of hydrogen-bond acceptors (Lipinski definition) is 4. The van der Waals surface area contributed by atoms with Crippen LogP contribution in [-0.2, 0) is 4.74 Å². The maximum atomic E-state index is 12.6. The summed E-state index contributed by atoms with van der Waals surface area (Å²) in [6, 6.07) is 9.38. The van der Waals surface area contributed by atoms with Gasteiger partial charge in [-0.05, 0) is 29.8 Å². The van der Waals surface area contributed by atoms with Gasteiger partial charge in [0, 0.05) is 6.54 Å². The lowest BCUT2D eigenvalue weighted by Gasteiger charge is -2.33. The monoisotopic (exact) mass is 367 g/mol. The van der Waals surface area contributed by atoms with Crippen molar-refractivity contribution in [2.45, 2.75) is 6.10 Å². The van der Waals surface area contributed by atoms with E-state index in [1.54, 1.807) is 18.2 Å². The number of phenolic OH excluding ortho intramolecular Hbond substituents is 2. The Labute approximate surface area is 149 Å². The largest absolute Gasteiger partial charge is 0.507 e. The predicted molar refractivity (Wildman–Crippen MR) is 90.8 cm³/mol. The van der Waals surface area contributed by atoms with Crippen LogP contribution < -0.4 is 0 Å². The smallest absolute Gasteiger partial charge is 0.261 e. The van der Waals surface area contributed by atoms with E-state index in [9.17, 15) is 15.0 Å². The second-order valence-corrected chi connectivity index (χ2v) is 6.27. The van der Waals surface area contributed by atoms with Gasteiger partial charge in [0.05, 0.1) is 23.2 Å². The van der Waals surface area contributed by atoms with Gasteiger partial charge in [-0.1, -0.05) is 35.3 Å². The summed E-state index contributed by atoms with van der Waals surface area (Å²) in [5, 5.41) is 20.6. The van der Waals surface area contributed by atoms with Crippen LogP contribution in [0, 0.1) is 0 Å². The van der Waals surface area contributed by atoms with Crippen LogP contribution in [-0.4, -0.2) is 40.7 Å². The molecule has 5 nitrogen and oxygen atoms in total. The van der Waals surface area contributed by atoms with Crippen LogP contribution in [0.25, 0.3) is 0 Å².